The fourth-order valence-electron chi connectivity index (χ4n) is 0.918. The van der Waals surface area contributed by atoms with Gasteiger partial charge in [-0.3, -0.25) is 0 Å². The lowest BCUT2D eigenvalue weighted by atomic mass is 10.4. The third-order valence-electron chi connectivity index (χ3n) is 1.73. The summed E-state index contributed by atoms with van der Waals surface area (Å²) in [6.07, 6.45) is 0.582. The lowest BCUT2D eigenvalue weighted by Crippen LogP contribution is -2.16. The molecule has 0 bridgehead atoms. The molecule has 1 aliphatic rings. The van der Waals surface area contributed by atoms with Crippen LogP contribution in [0.3, 0.4) is 0 Å². The zero-order valence-corrected chi connectivity index (χ0v) is 7.37. The Bertz CT molecular complexity index is 116. The van der Waals surface area contributed by atoms with Gasteiger partial charge in [0.1, 0.15) is 6.10 Å². The van der Waals surface area contributed by atoms with Crippen molar-refractivity contribution in [1.29, 1.82) is 0 Å². The van der Waals surface area contributed by atoms with E-state index in [2.05, 4.69) is 0 Å². The Morgan fingerprint density at radius 2 is 2.09 bits per heavy atom. The molecule has 0 aromatic carbocycles. The topological polar surface area (TPSA) is 31.0 Å². The van der Waals surface area contributed by atoms with Gasteiger partial charge in [-0.1, -0.05) is 0 Å². The molecule has 2 unspecified atom stereocenters. The first-order chi connectivity index (χ1) is 5.24. The molecule has 1 rings (SSSR count). The van der Waals surface area contributed by atoms with Crippen LogP contribution in [0.25, 0.3) is 0 Å². The summed E-state index contributed by atoms with van der Waals surface area (Å²) in [7, 11) is 0. The van der Waals surface area contributed by atoms with Crippen molar-refractivity contribution >= 4 is 0 Å². The highest BCUT2D eigenvalue weighted by atomic mass is 16.7. The highest BCUT2D eigenvalue weighted by molar-refractivity contribution is 4.79. The van der Waals surface area contributed by atoms with Crippen molar-refractivity contribution in [3.05, 3.63) is 0 Å². The van der Waals surface area contributed by atoms with Gasteiger partial charge in [0.2, 0.25) is 0 Å². The molecule has 3 nitrogen and oxygen atoms in total. The summed E-state index contributed by atoms with van der Waals surface area (Å²) in [4.78, 5) is 0. The van der Waals surface area contributed by atoms with E-state index in [-0.39, 0.29) is 6.29 Å². The number of epoxide rings is 1. The highest BCUT2D eigenvalue weighted by Gasteiger charge is 2.34. The summed E-state index contributed by atoms with van der Waals surface area (Å²) in [5, 5.41) is 0. The Balaban J connectivity index is 1.94. The van der Waals surface area contributed by atoms with Gasteiger partial charge < -0.3 is 14.2 Å². The van der Waals surface area contributed by atoms with Crippen molar-refractivity contribution in [2.24, 2.45) is 0 Å². The molecule has 0 N–H and O–H groups in total. The quantitative estimate of drug-likeness (QED) is 0.447. The van der Waals surface area contributed by atoms with E-state index >= 15 is 0 Å². The van der Waals surface area contributed by atoms with Gasteiger partial charge in [0.15, 0.2) is 6.29 Å². The van der Waals surface area contributed by atoms with Crippen LogP contribution in [0.5, 0.6) is 0 Å². The summed E-state index contributed by atoms with van der Waals surface area (Å²) >= 11 is 0. The molecular formula is C8H16O3. The van der Waals surface area contributed by atoms with Crippen LogP contribution in [-0.4, -0.2) is 31.7 Å². The third-order valence-corrected chi connectivity index (χ3v) is 1.73. The Hall–Kier alpha value is -0.120. The number of ether oxygens (including phenoxy) is 3. The Morgan fingerprint density at radius 1 is 1.45 bits per heavy atom. The fourth-order valence-corrected chi connectivity index (χ4v) is 0.918. The summed E-state index contributed by atoms with van der Waals surface area (Å²) in [6, 6.07) is 0. The second-order valence-electron chi connectivity index (χ2n) is 2.74. The van der Waals surface area contributed by atoms with Crippen molar-refractivity contribution in [3.63, 3.8) is 0 Å². The largest absolute Gasteiger partial charge is 0.367 e. The van der Waals surface area contributed by atoms with Crippen LogP contribution >= 0.6 is 0 Å². The molecule has 0 aromatic rings. The molecule has 0 aliphatic carbocycles. The average Bonchev–Trinajstić information content (AvgIpc) is 2.63. The molecule has 1 saturated heterocycles. The maximum absolute atomic E-state index is 5.33. The van der Waals surface area contributed by atoms with Crippen LogP contribution in [0.2, 0.25) is 0 Å². The van der Waals surface area contributed by atoms with Gasteiger partial charge in [0, 0.05) is 6.61 Å². The number of rotatable bonds is 5. The van der Waals surface area contributed by atoms with Crippen LogP contribution in [0.15, 0.2) is 0 Å². The predicted octanol–water partition coefficient (Wildman–Crippen LogP) is 1.17. The molecule has 1 heterocycles. The molecule has 0 radical (unpaired) electrons. The predicted molar refractivity (Wildman–Crippen MR) is 41.4 cm³/mol. The summed E-state index contributed by atoms with van der Waals surface area (Å²) in [5.74, 6) is 0. The van der Waals surface area contributed by atoms with E-state index < -0.39 is 0 Å². The van der Waals surface area contributed by atoms with Crippen molar-refractivity contribution in [1.82, 2.24) is 0 Å². The molecule has 0 amide bonds. The molecule has 3 atom stereocenters. The van der Waals surface area contributed by atoms with Gasteiger partial charge in [0.05, 0.1) is 12.7 Å². The highest BCUT2D eigenvalue weighted by Crippen LogP contribution is 2.21. The minimum Gasteiger partial charge on any atom is -0.367 e. The average molecular weight is 160 g/mol. The van der Waals surface area contributed by atoms with E-state index in [0.717, 1.165) is 0 Å². The van der Waals surface area contributed by atoms with E-state index in [1.54, 1.807) is 0 Å². The van der Waals surface area contributed by atoms with E-state index in [0.29, 0.717) is 25.4 Å². The fraction of sp³-hybridized carbons (Fsp3) is 1.00. The zero-order chi connectivity index (χ0) is 8.27. The molecule has 1 fully saturated rings. The zero-order valence-electron chi connectivity index (χ0n) is 7.37. The van der Waals surface area contributed by atoms with Crippen molar-refractivity contribution in [3.8, 4) is 0 Å². The second-order valence-corrected chi connectivity index (χ2v) is 2.74. The standard InChI is InChI=1S/C8H16O3/c1-4-9-7(3)10-5-8-6(2)11-8/h6-8H,4-5H2,1-3H3/t6-,7?,8?/m0/s1. The Morgan fingerprint density at radius 3 is 2.55 bits per heavy atom. The molecular weight excluding hydrogens is 144 g/mol. The van der Waals surface area contributed by atoms with Gasteiger partial charge in [-0.25, -0.2) is 0 Å². The molecule has 11 heavy (non-hydrogen) atoms. The van der Waals surface area contributed by atoms with E-state index in [1.165, 1.54) is 0 Å². The van der Waals surface area contributed by atoms with Gasteiger partial charge >= 0.3 is 0 Å². The van der Waals surface area contributed by atoms with E-state index in [1.807, 2.05) is 20.8 Å². The minimum atomic E-state index is -0.101. The molecule has 3 heteroatoms. The van der Waals surface area contributed by atoms with Gasteiger partial charge in [-0.05, 0) is 20.8 Å². The van der Waals surface area contributed by atoms with Crippen molar-refractivity contribution in [2.45, 2.75) is 39.3 Å². The van der Waals surface area contributed by atoms with E-state index in [4.69, 9.17) is 14.2 Å². The van der Waals surface area contributed by atoms with Crippen LogP contribution in [0.1, 0.15) is 20.8 Å². The van der Waals surface area contributed by atoms with Gasteiger partial charge in [-0.2, -0.15) is 0 Å². The lowest BCUT2D eigenvalue weighted by Gasteiger charge is -2.10. The third kappa shape index (κ3) is 3.18. The van der Waals surface area contributed by atoms with E-state index in [9.17, 15) is 0 Å². The minimum absolute atomic E-state index is 0.101. The molecule has 0 aromatic heterocycles. The van der Waals surface area contributed by atoms with Crippen LogP contribution in [-0.2, 0) is 14.2 Å². The first-order valence-electron chi connectivity index (χ1n) is 4.12. The van der Waals surface area contributed by atoms with Crippen LogP contribution in [0, 0.1) is 0 Å². The first-order valence-corrected chi connectivity index (χ1v) is 4.12. The van der Waals surface area contributed by atoms with Crippen molar-refractivity contribution < 1.29 is 14.2 Å². The molecule has 0 saturated carbocycles. The molecule has 66 valence electrons. The summed E-state index contributed by atoms with van der Waals surface area (Å²) < 4.78 is 15.7. The Labute approximate surface area is 67.6 Å². The monoisotopic (exact) mass is 160 g/mol. The Kier molecular flexibility index (Phi) is 3.30. The SMILES string of the molecule is CCOC(C)OCC1O[C@H]1C. The molecule has 0 spiro atoms. The maximum atomic E-state index is 5.33. The number of hydrogen-bond acceptors (Lipinski definition) is 3. The smallest absolute Gasteiger partial charge is 0.154 e. The van der Waals surface area contributed by atoms with Crippen LogP contribution in [0.4, 0.5) is 0 Å². The van der Waals surface area contributed by atoms with Crippen molar-refractivity contribution in [2.75, 3.05) is 13.2 Å². The van der Waals surface area contributed by atoms with Gasteiger partial charge in [0.25, 0.3) is 0 Å². The maximum Gasteiger partial charge on any atom is 0.154 e. The van der Waals surface area contributed by atoms with Gasteiger partial charge in [-0.15, -0.1) is 0 Å². The summed E-state index contributed by atoms with van der Waals surface area (Å²) in [5.41, 5.74) is 0. The summed E-state index contributed by atoms with van der Waals surface area (Å²) in [6.45, 7) is 7.25. The molecule has 1 aliphatic heterocycles. The lowest BCUT2D eigenvalue weighted by molar-refractivity contribution is -0.129. The number of hydrogen-bond donors (Lipinski definition) is 0. The first kappa shape index (κ1) is 8.97. The van der Waals surface area contributed by atoms with Crippen LogP contribution < -0.4 is 0 Å². The normalized spacial score (nSPS) is 31.9. The second kappa shape index (κ2) is 4.04.